The molecule has 2 aromatic rings. The summed E-state index contributed by atoms with van der Waals surface area (Å²) in [6.45, 7) is 5.06. The number of rotatable bonds is 7. The molecular weight excluding hydrogens is 466 g/mol. The Morgan fingerprint density at radius 1 is 1.09 bits per heavy atom. The molecule has 1 fully saturated rings. The van der Waals surface area contributed by atoms with Crippen LogP contribution in [0.15, 0.2) is 35.8 Å². The Labute approximate surface area is 193 Å². The van der Waals surface area contributed by atoms with Gasteiger partial charge in [0.05, 0.1) is 0 Å². The largest absolute Gasteiger partial charge is 0.427 e. The number of nitrogens with zero attached hydrogens (tertiary/aromatic N) is 2. The summed E-state index contributed by atoms with van der Waals surface area (Å²) < 4.78 is 90.6. The molecular formula is C23H28F6N2OS. The van der Waals surface area contributed by atoms with Crippen LogP contribution in [0.1, 0.15) is 42.8 Å². The van der Waals surface area contributed by atoms with Crippen LogP contribution in [-0.2, 0) is 16.7 Å². The number of methoxy groups -OCH3 is 1. The third kappa shape index (κ3) is 4.41. The van der Waals surface area contributed by atoms with Crippen molar-refractivity contribution >= 4 is 11.3 Å². The molecule has 1 saturated heterocycles. The number of aromatic nitrogens is 1. The number of hydrogen-bond acceptors (Lipinski definition) is 4. The Bertz CT molecular complexity index is 910. The first kappa shape index (κ1) is 26.0. The Kier molecular flexibility index (Phi) is 6.96. The predicted molar refractivity (Wildman–Crippen MR) is 115 cm³/mol. The zero-order valence-electron chi connectivity index (χ0n) is 19.0. The fourth-order valence-corrected chi connectivity index (χ4v) is 5.77. The second-order valence-electron chi connectivity index (χ2n) is 9.16. The molecule has 1 aliphatic heterocycles. The van der Waals surface area contributed by atoms with Gasteiger partial charge in [0.15, 0.2) is 0 Å². The summed E-state index contributed by atoms with van der Waals surface area (Å²) in [6, 6.07) is 7.05. The molecule has 0 aliphatic carbocycles. The van der Waals surface area contributed by atoms with Gasteiger partial charge in [0.2, 0.25) is 0 Å². The molecule has 33 heavy (non-hydrogen) atoms. The van der Waals surface area contributed by atoms with Crippen molar-refractivity contribution in [3.8, 4) is 0 Å². The smallest absolute Gasteiger partial charge is 0.361 e. The SMILES string of the molecule is COC(C(F)(F)F)(C(F)(F)F)C1(CCc2cccs2)CCN(C(C)(C)c2ccc(C)nc2)C1. The molecule has 0 aromatic carbocycles. The van der Waals surface area contributed by atoms with E-state index in [1.807, 2.05) is 13.0 Å². The zero-order valence-corrected chi connectivity index (χ0v) is 19.8. The number of likely N-dealkylation sites (tertiary alicyclic amines) is 1. The summed E-state index contributed by atoms with van der Waals surface area (Å²) in [5.74, 6) is 0. The first-order valence-electron chi connectivity index (χ1n) is 10.6. The molecule has 10 heteroatoms. The summed E-state index contributed by atoms with van der Waals surface area (Å²) in [7, 11) is 0.519. The average molecular weight is 495 g/mol. The Morgan fingerprint density at radius 2 is 1.76 bits per heavy atom. The lowest BCUT2D eigenvalue weighted by Gasteiger charge is -2.49. The third-order valence-corrected chi connectivity index (χ3v) is 7.98. The topological polar surface area (TPSA) is 25.4 Å². The van der Waals surface area contributed by atoms with Crippen molar-refractivity contribution in [2.45, 2.75) is 63.5 Å². The second-order valence-corrected chi connectivity index (χ2v) is 10.2. The zero-order chi connectivity index (χ0) is 24.7. The van der Waals surface area contributed by atoms with Crippen LogP contribution in [0.3, 0.4) is 0 Å². The van der Waals surface area contributed by atoms with E-state index in [4.69, 9.17) is 0 Å². The maximum absolute atomic E-state index is 14.4. The van der Waals surface area contributed by atoms with E-state index in [0.29, 0.717) is 7.11 Å². The Balaban J connectivity index is 2.07. The molecule has 184 valence electrons. The van der Waals surface area contributed by atoms with Crippen molar-refractivity contribution in [3.05, 3.63) is 52.0 Å². The maximum Gasteiger partial charge on any atom is 0.427 e. The van der Waals surface area contributed by atoms with Crippen LogP contribution >= 0.6 is 11.3 Å². The summed E-state index contributed by atoms with van der Waals surface area (Å²) in [6.07, 6.45) is -10.2. The van der Waals surface area contributed by atoms with Gasteiger partial charge in [-0.05, 0) is 69.7 Å². The van der Waals surface area contributed by atoms with Gasteiger partial charge in [-0.15, -0.1) is 11.3 Å². The van der Waals surface area contributed by atoms with E-state index in [-0.39, 0.29) is 25.8 Å². The summed E-state index contributed by atoms with van der Waals surface area (Å²) in [5, 5.41) is 1.76. The van der Waals surface area contributed by atoms with Crippen molar-refractivity contribution in [2.24, 2.45) is 5.41 Å². The Morgan fingerprint density at radius 3 is 2.24 bits per heavy atom. The average Bonchev–Trinajstić information content (AvgIpc) is 3.36. The second kappa shape index (κ2) is 8.85. The molecule has 3 rings (SSSR count). The normalized spacial score (nSPS) is 21.0. The minimum absolute atomic E-state index is 0.0720. The monoisotopic (exact) mass is 494 g/mol. The lowest BCUT2D eigenvalue weighted by molar-refractivity contribution is -0.409. The van der Waals surface area contributed by atoms with Crippen molar-refractivity contribution in [2.75, 3.05) is 20.2 Å². The summed E-state index contributed by atoms with van der Waals surface area (Å²) in [5.41, 5.74) is -5.81. The van der Waals surface area contributed by atoms with Crippen molar-refractivity contribution in [1.29, 1.82) is 0 Å². The molecule has 3 heterocycles. The molecule has 1 aliphatic rings. The van der Waals surface area contributed by atoms with E-state index in [2.05, 4.69) is 9.72 Å². The van der Waals surface area contributed by atoms with Gasteiger partial charge < -0.3 is 4.74 Å². The molecule has 3 nitrogen and oxygen atoms in total. The van der Waals surface area contributed by atoms with Crippen LogP contribution in [0.2, 0.25) is 0 Å². The van der Waals surface area contributed by atoms with E-state index >= 15 is 0 Å². The van der Waals surface area contributed by atoms with E-state index in [1.54, 1.807) is 48.5 Å². The molecule has 0 bridgehead atoms. The van der Waals surface area contributed by atoms with Crippen LogP contribution in [0.4, 0.5) is 26.3 Å². The van der Waals surface area contributed by atoms with Gasteiger partial charge in [-0.2, -0.15) is 26.3 Å². The number of alkyl halides is 6. The standard InChI is InChI=1S/C23H28F6N2OS/c1-16-7-8-17(14-30-16)19(2,3)31-12-11-20(15-31,10-9-18-6-5-13-33-18)21(32-4,22(24,25)26)23(27,28)29/h5-8,13-14H,9-12,15H2,1-4H3. The molecule has 2 aromatic heterocycles. The van der Waals surface area contributed by atoms with Crippen LogP contribution in [0.25, 0.3) is 0 Å². The summed E-state index contributed by atoms with van der Waals surface area (Å²) in [4.78, 5) is 6.69. The van der Waals surface area contributed by atoms with E-state index in [1.165, 1.54) is 11.3 Å². The maximum atomic E-state index is 14.4. The number of hydrogen-bond donors (Lipinski definition) is 0. The molecule has 0 amide bonds. The van der Waals surface area contributed by atoms with Gasteiger partial charge in [-0.3, -0.25) is 9.88 Å². The number of thiophene rings is 1. The molecule has 1 unspecified atom stereocenters. The quantitative estimate of drug-likeness (QED) is 0.410. The van der Waals surface area contributed by atoms with Crippen LogP contribution in [0, 0.1) is 12.3 Å². The number of ether oxygens (including phenoxy) is 1. The van der Waals surface area contributed by atoms with E-state index in [0.717, 1.165) is 16.1 Å². The lowest BCUT2D eigenvalue weighted by atomic mass is 9.66. The fourth-order valence-electron chi connectivity index (χ4n) is 5.06. The number of pyridine rings is 1. The van der Waals surface area contributed by atoms with Crippen molar-refractivity contribution < 1.29 is 31.1 Å². The first-order chi connectivity index (χ1) is 15.2. The third-order valence-electron chi connectivity index (χ3n) is 7.04. The van der Waals surface area contributed by atoms with Gasteiger partial charge in [-0.25, -0.2) is 0 Å². The van der Waals surface area contributed by atoms with Gasteiger partial charge in [-0.1, -0.05) is 12.1 Å². The number of aryl methyl sites for hydroxylation is 2. The van der Waals surface area contributed by atoms with Gasteiger partial charge in [0.25, 0.3) is 5.60 Å². The molecule has 0 N–H and O–H groups in total. The van der Waals surface area contributed by atoms with Crippen molar-refractivity contribution in [1.82, 2.24) is 9.88 Å². The van der Waals surface area contributed by atoms with E-state index < -0.39 is 35.5 Å². The fraction of sp³-hybridized carbons (Fsp3) is 0.609. The predicted octanol–water partition coefficient (Wildman–Crippen LogP) is 6.52. The Hall–Kier alpha value is -1.65. The van der Waals surface area contributed by atoms with Crippen LogP contribution in [0.5, 0.6) is 0 Å². The van der Waals surface area contributed by atoms with Crippen molar-refractivity contribution in [3.63, 3.8) is 0 Å². The minimum atomic E-state index is -5.64. The molecule has 0 saturated carbocycles. The highest BCUT2D eigenvalue weighted by Gasteiger charge is 2.81. The van der Waals surface area contributed by atoms with Gasteiger partial charge in [0, 0.05) is 41.4 Å². The molecule has 0 spiro atoms. The number of halogens is 6. The summed E-state index contributed by atoms with van der Waals surface area (Å²) >= 11 is 1.32. The highest BCUT2D eigenvalue weighted by Crippen LogP contribution is 2.61. The molecule has 0 radical (unpaired) electrons. The lowest BCUT2D eigenvalue weighted by Crippen LogP contribution is -2.69. The first-order valence-corrected chi connectivity index (χ1v) is 11.5. The van der Waals surface area contributed by atoms with Gasteiger partial charge in [0.1, 0.15) is 0 Å². The highest BCUT2D eigenvalue weighted by molar-refractivity contribution is 7.09. The van der Waals surface area contributed by atoms with Gasteiger partial charge >= 0.3 is 12.4 Å². The van der Waals surface area contributed by atoms with Crippen LogP contribution < -0.4 is 0 Å². The highest BCUT2D eigenvalue weighted by atomic mass is 32.1. The van der Waals surface area contributed by atoms with Crippen LogP contribution in [-0.4, -0.2) is 48.0 Å². The minimum Gasteiger partial charge on any atom is -0.361 e. The van der Waals surface area contributed by atoms with E-state index in [9.17, 15) is 26.3 Å². The molecule has 1 atom stereocenters.